The minimum Gasteiger partial charge on any atom is -0.376 e. The summed E-state index contributed by atoms with van der Waals surface area (Å²) in [5, 5.41) is 11.1. The first-order valence-electron chi connectivity index (χ1n) is 8.24. The Morgan fingerprint density at radius 1 is 1.54 bits per heavy atom. The second-order valence-corrected chi connectivity index (χ2v) is 7.34. The average molecular weight is 349 g/mol. The summed E-state index contributed by atoms with van der Waals surface area (Å²) in [6.45, 7) is 6.15. The van der Waals surface area contributed by atoms with Crippen LogP contribution in [0, 0.1) is 0 Å². The van der Waals surface area contributed by atoms with Gasteiger partial charge in [-0.15, -0.1) is 16.4 Å². The van der Waals surface area contributed by atoms with Gasteiger partial charge in [-0.3, -0.25) is 4.79 Å². The SMILES string of the molecule is CC(C)c1nc(CN(C)C(=O)c2cn(CC3CCCO3)nn2)cs1. The van der Waals surface area contributed by atoms with Crippen molar-refractivity contribution in [2.45, 2.75) is 51.8 Å². The van der Waals surface area contributed by atoms with Crippen molar-refractivity contribution >= 4 is 17.2 Å². The molecule has 2 aromatic rings. The Bertz CT molecular complexity index is 690. The molecule has 1 fully saturated rings. The number of aromatic nitrogens is 4. The fourth-order valence-electron chi connectivity index (χ4n) is 2.65. The summed E-state index contributed by atoms with van der Waals surface area (Å²) in [5.41, 5.74) is 1.26. The van der Waals surface area contributed by atoms with Crippen molar-refractivity contribution < 1.29 is 9.53 Å². The van der Waals surface area contributed by atoms with E-state index in [4.69, 9.17) is 4.74 Å². The molecule has 1 aliphatic heterocycles. The summed E-state index contributed by atoms with van der Waals surface area (Å²) < 4.78 is 7.27. The molecule has 3 rings (SSSR count). The van der Waals surface area contributed by atoms with E-state index in [1.54, 1.807) is 34.2 Å². The molecule has 7 nitrogen and oxygen atoms in total. The largest absolute Gasteiger partial charge is 0.376 e. The average Bonchev–Trinajstić information content (AvgIpc) is 3.28. The van der Waals surface area contributed by atoms with Crippen LogP contribution in [0.4, 0.5) is 0 Å². The van der Waals surface area contributed by atoms with Gasteiger partial charge < -0.3 is 9.64 Å². The van der Waals surface area contributed by atoms with E-state index in [1.165, 1.54) is 0 Å². The molecule has 0 saturated carbocycles. The van der Waals surface area contributed by atoms with Crippen LogP contribution < -0.4 is 0 Å². The summed E-state index contributed by atoms with van der Waals surface area (Å²) in [7, 11) is 1.76. The predicted octanol–water partition coefficient (Wildman–Crippen LogP) is 2.31. The first kappa shape index (κ1) is 17.0. The first-order valence-corrected chi connectivity index (χ1v) is 9.12. The second-order valence-electron chi connectivity index (χ2n) is 6.45. The van der Waals surface area contributed by atoms with E-state index in [0.29, 0.717) is 24.7 Å². The van der Waals surface area contributed by atoms with Crippen molar-refractivity contribution in [3.05, 3.63) is 28.0 Å². The third-order valence-corrected chi connectivity index (χ3v) is 5.18. The third kappa shape index (κ3) is 3.99. The van der Waals surface area contributed by atoms with Crippen molar-refractivity contribution in [2.24, 2.45) is 0 Å². The lowest BCUT2D eigenvalue weighted by Crippen LogP contribution is -2.26. The zero-order chi connectivity index (χ0) is 17.1. The van der Waals surface area contributed by atoms with E-state index < -0.39 is 0 Å². The quantitative estimate of drug-likeness (QED) is 0.800. The molecule has 24 heavy (non-hydrogen) atoms. The highest BCUT2D eigenvalue weighted by Crippen LogP contribution is 2.20. The molecule has 130 valence electrons. The summed E-state index contributed by atoms with van der Waals surface area (Å²) in [6, 6.07) is 0. The van der Waals surface area contributed by atoms with Gasteiger partial charge in [0, 0.05) is 25.0 Å². The Kier molecular flexibility index (Phi) is 5.25. The highest BCUT2D eigenvalue weighted by molar-refractivity contribution is 7.09. The maximum Gasteiger partial charge on any atom is 0.276 e. The highest BCUT2D eigenvalue weighted by Gasteiger charge is 2.20. The summed E-state index contributed by atoms with van der Waals surface area (Å²) in [5.74, 6) is 0.259. The van der Waals surface area contributed by atoms with Gasteiger partial charge in [-0.2, -0.15) is 0 Å². The van der Waals surface area contributed by atoms with Crippen LogP contribution in [0.3, 0.4) is 0 Å². The molecular weight excluding hydrogens is 326 g/mol. The maximum absolute atomic E-state index is 12.5. The van der Waals surface area contributed by atoms with E-state index in [0.717, 1.165) is 30.2 Å². The number of rotatable bonds is 6. The summed E-state index contributed by atoms with van der Waals surface area (Å²) in [4.78, 5) is 18.7. The van der Waals surface area contributed by atoms with Gasteiger partial charge in [0.05, 0.1) is 36.1 Å². The zero-order valence-electron chi connectivity index (χ0n) is 14.3. The van der Waals surface area contributed by atoms with Crippen molar-refractivity contribution in [3.63, 3.8) is 0 Å². The number of carbonyl (C=O) groups is 1. The lowest BCUT2D eigenvalue weighted by atomic mass is 10.2. The topological polar surface area (TPSA) is 73.1 Å². The van der Waals surface area contributed by atoms with E-state index in [2.05, 4.69) is 29.1 Å². The van der Waals surface area contributed by atoms with Gasteiger partial charge in [-0.25, -0.2) is 9.67 Å². The smallest absolute Gasteiger partial charge is 0.276 e. The van der Waals surface area contributed by atoms with Crippen molar-refractivity contribution in [3.8, 4) is 0 Å². The van der Waals surface area contributed by atoms with Gasteiger partial charge in [-0.1, -0.05) is 19.1 Å². The van der Waals surface area contributed by atoms with Gasteiger partial charge in [-0.05, 0) is 12.8 Å². The van der Waals surface area contributed by atoms with Gasteiger partial charge in [0.2, 0.25) is 0 Å². The molecule has 0 aliphatic carbocycles. The number of hydrogen-bond donors (Lipinski definition) is 0. The Morgan fingerprint density at radius 2 is 2.38 bits per heavy atom. The number of carbonyl (C=O) groups excluding carboxylic acids is 1. The van der Waals surface area contributed by atoms with Crippen molar-refractivity contribution in [1.29, 1.82) is 0 Å². The lowest BCUT2D eigenvalue weighted by Gasteiger charge is -2.14. The molecular formula is C16H23N5O2S. The standard InChI is InChI=1S/C16H23N5O2S/c1-11(2)15-17-12(10-24-15)7-20(3)16(22)14-9-21(19-18-14)8-13-5-4-6-23-13/h9-11,13H,4-8H2,1-3H3. The molecule has 0 aromatic carbocycles. The Labute approximate surface area is 145 Å². The van der Waals surface area contributed by atoms with Crippen molar-refractivity contribution in [2.75, 3.05) is 13.7 Å². The normalized spacial score (nSPS) is 17.6. The van der Waals surface area contributed by atoms with Crippen molar-refractivity contribution in [1.82, 2.24) is 24.9 Å². The summed E-state index contributed by atoms with van der Waals surface area (Å²) >= 11 is 1.63. The molecule has 0 N–H and O–H groups in total. The third-order valence-electron chi connectivity index (χ3n) is 3.98. The minimum absolute atomic E-state index is 0.146. The summed E-state index contributed by atoms with van der Waals surface area (Å²) in [6.07, 6.45) is 3.99. The van der Waals surface area contributed by atoms with Gasteiger partial charge >= 0.3 is 0 Å². The molecule has 3 heterocycles. The molecule has 0 bridgehead atoms. The maximum atomic E-state index is 12.5. The lowest BCUT2D eigenvalue weighted by molar-refractivity contribution is 0.0777. The van der Waals surface area contributed by atoms with Gasteiger partial charge in [0.15, 0.2) is 5.69 Å². The zero-order valence-corrected chi connectivity index (χ0v) is 15.1. The van der Waals surface area contributed by atoms with Gasteiger partial charge in [0.25, 0.3) is 5.91 Å². The van der Waals surface area contributed by atoms with Crippen LogP contribution in [0.15, 0.2) is 11.6 Å². The first-order chi connectivity index (χ1) is 11.5. The molecule has 1 amide bonds. The number of ether oxygens (including phenoxy) is 1. The fourth-order valence-corrected chi connectivity index (χ4v) is 3.48. The molecule has 8 heteroatoms. The van der Waals surface area contributed by atoms with E-state index >= 15 is 0 Å². The Balaban J connectivity index is 1.59. The van der Waals surface area contributed by atoms with Crippen LogP contribution in [0.1, 0.15) is 53.8 Å². The van der Waals surface area contributed by atoms with E-state index in [-0.39, 0.29) is 12.0 Å². The molecule has 2 aromatic heterocycles. The van der Waals surface area contributed by atoms with Crippen LogP contribution >= 0.6 is 11.3 Å². The number of thiazole rings is 1. The van der Waals surface area contributed by atoms with E-state index in [9.17, 15) is 4.79 Å². The molecule has 1 saturated heterocycles. The second kappa shape index (κ2) is 7.40. The minimum atomic E-state index is -0.146. The monoisotopic (exact) mass is 349 g/mol. The Hall–Kier alpha value is -1.80. The molecule has 1 atom stereocenters. The van der Waals surface area contributed by atoms with Crippen LogP contribution in [-0.2, 0) is 17.8 Å². The molecule has 1 unspecified atom stereocenters. The fraction of sp³-hybridized carbons (Fsp3) is 0.625. The highest BCUT2D eigenvalue weighted by atomic mass is 32.1. The molecule has 1 aliphatic rings. The Morgan fingerprint density at radius 3 is 3.04 bits per heavy atom. The number of nitrogens with zero attached hydrogens (tertiary/aromatic N) is 5. The van der Waals surface area contributed by atoms with Crippen LogP contribution in [-0.4, -0.2) is 50.5 Å². The van der Waals surface area contributed by atoms with Crippen LogP contribution in [0.25, 0.3) is 0 Å². The van der Waals surface area contributed by atoms with Crippen LogP contribution in [0.2, 0.25) is 0 Å². The number of hydrogen-bond acceptors (Lipinski definition) is 6. The van der Waals surface area contributed by atoms with Gasteiger partial charge in [0.1, 0.15) is 0 Å². The molecule has 0 spiro atoms. The predicted molar refractivity (Wildman–Crippen MR) is 91.0 cm³/mol. The van der Waals surface area contributed by atoms with Crippen LogP contribution in [0.5, 0.6) is 0 Å². The molecule has 0 radical (unpaired) electrons. The van der Waals surface area contributed by atoms with E-state index in [1.807, 2.05) is 5.38 Å². The number of amides is 1.